The number of carboxylic acid groups (broad SMARTS) is 1. The third-order valence-electron chi connectivity index (χ3n) is 4.27. The Hall–Kier alpha value is -0.570. The lowest BCUT2D eigenvalue weighted by atomic mass is 9.74. The van der Waals surface area contributed by atoms with Crippen molar-refractivity contribution in [3.63, 3.8) is 0 Å². The number of carbonyl (C=O) groups is 1. The van der Waals surface area contributed by atoms with Crippen molar-refractivity contribution in [3.05, 3.63) is 0 Å². The molecule has 0 radical (unpaired) electrons. The van der Waals surface area contributed by atoms with Crippen molar-refractivity contribution in [2.45, 2.75) is 57.5 Å². The Morgan fingerprint density at radius 2 is 1.67 bits per heavy atom. The molecule has 3 heteroatoms. The Kier molecular flexibility index (Phi) is 2.75. The molecule has 15 heavy (non-hydrogen) atoms. The van der Waals surface area contributed by atoms with Gasteiger partial charge in [-0.2, -0.15) is 0 Å². The summed E-state index contributed by atoms with van der Waals surface area (Å²) in [5.41, 5.74) is -0.457. The minimum atomic E-state index is -0.616. The van der Waals surface area contributed by atoms with E-state index in [2.05, 4.69) is 11.9 Å². The molecule has 0 amide bonds. The van der Waals surface area contributed by atoms with Gasteiger partial charge in [0.2, 0.25) is 0 Å². The molecule has 0 spiro atoms. The molecule has 0 aliphatic heterocycles. The molecule has 1 N–H and O–H groups in total. The molecule has 2 fully saturated rings. The summed E-state index contributed by atoms with van der Waals surface area (Å²) in [6, 6.07) is 1.43. The summed E-state index contributed by atoms with van der Waals surface area (Å²) in [5.74, 6) is -0.616. The minimum absolute atomic E-state index is 0.457. The first-order valence-electron chi connectivity index (χ1n) is 5.98. The topological polar surface area (TPSA) is 40.5 Å². The van der Waals surface area contributed by atoms with Gasteiger partial charge in [0.05, 0.1) is 5.41 Å². The number of nitrogens with zero attached hydrogens (tertiary/aromatic N) is 1. The molecule has 0 bridgehead atoms. The normalized spacial score (nSPS) is 36.9. The van der Waals surface area contributed by atoms with Crippen LogP contribution in [-0.4, -0.2) is 35.1 Å². The highest BCUT2D eigenvalue weighted by molar-refractivity contribution is 5.74. The van der Waals surface area contributed by atoms with Crippen LogP contribution in [0.1, 0.15) is 45.4 Å². The van der Waals surface area contributed by atoms with Gasteiger partial charge in [-0.05, 0) is 52.5 Å². The van der Waals surface area contributed by atoms with Crippen molar-refractivity contribution in [3.8, 4) is 0 Å². The van der Waals surface area contributed by atoms with Crippen molar-refractivity contribution in [2.75, 3.05) is 7.05 Å². The highest BCUT2D eigenvalue weighted by Gasteiger charge is 2.40. The van der Waals surface area contributed by atoms with Crippen LogP contribution in [0.5, 0.6) is 0 Å². The fourth-order valence-corrected chi connectivity index (χ4v) is 2.64. The number of rotatable bonds is 3. The Balaban J connectivity index is 1.88. The molecule has 3 nitrogen and oxygen atoms in total. The first-order chi connectivity index (χ1) is 7.03. The van der Waals surface area contributed by atoms with E-state index in [1.807, 2.05) is 6.92 Å². The van der Waals surface area contributed by atoms with E-state index in [1.165, 1.54) is 12.8 Å². The molecule has 2 rings (SSSR count). The van der Waals surface area contributed by atoms with E-state index in [4.69, 9.17) is 5.11 Å². The summed E-state index contributed by atoms with van der Waals surface area (Å²) in [6.07, 6.45) is 6.45. The van der Waals surface area contributed by atoms with Crippen molar-refractivity contribution in [1.82, 2.24) is 4.90 Å². The maximum Gasteiger partial charge on any atom is 0.309 e. The van der Waals surface area contributed by atoms with E-state index in [0.717, 1.165) is 31.7 Å². The fourth-order valence-electron chi connectivity index (χ4n) is 2.64. The van der Waals surface area contributed by atoms with Crippen LogP contribution in [-0.2, 0) is 4.79 Å². The lowest BCUT2D eigenvalue weighted by Crippen LogP contribution is -2.41. The van der Waals surface area contributed by atoms with Crippen LogP contribution < -0.4 is 0 Å². The standard InChI is InChI=1S/C12H21NO2/c1-12(11(14)15)7-5-10(6-8-12)13(2)9-3-4-9/h9-10H,3-8H2,1-2H3,(H,14,15). The third-order valence-corrected chi connectivity index (χ3v) is 4.27. The van der Waals surface area contributed by atoms with Crippen LogP contribution in [0.3, 0.4) is 0 Å². The van der Waals surface area contributed by atoms with Gasteiger partial charge >= 0.3 is 5.97 Å². The summed E-state index contributed by atoms with van der Waals surface area (Å²) in [6.45, 7) is 1.89. The average molecular weight is 211 g/mol. The molecular formula is C12H21NO2. The maximum absolute atomic E-state index is 11.1. The van der Waals surface area contributed by atoms with Crippen LogP contribution in [0.15, 0.2) is 0 Å². The molecule has 0 saturated heterocycles. The highest BCUT2D eigenvalue weighted by atomic mass is 16.4. The summed E-state index contributed by atoms with van der Waals surface area (Å²) in [7, 11) is 2.20. The molecule has 2 aliphatic rings. The molecule has 2 saturated carbocycles. The predicted molar refractivity (Wildman–Crippen MR) is 58.8 cm³/mol. The Morgan fingerprint density at radius 1 is 1.20 bits per heavy atom. The van der Waals surface area contributed by atoms with Crippen LogP contribution in [0.25, 0.3) is 0 Å². The molecule has 0 unspecified atom stereocenters. The van der Waals surface area contributed by atoms with Crippen LogP contribution in [0.4, 0.5) is 0 Å². The molecule has 0 heterocycles. The number of hydrogen-bond acceptors (Lipinski definition) is 2. The second-order valence-electron chi connectivity index (χ2n) is 5.49. The summed E-state index contributed by atoms with van der Waals surface area (Å²) >= 11 is 0. The van der Waals surface area contributed by atoms with Gasteiger partial charge in [0.1, 0.15) is 0 Å². The van der Waals surface area contributed by atoms with Gasteiger partial charge in [0, 0.05) is 12.1 Å². The Morgan fingerprint density at radius 3 is 2.07 bits per heavy atom. The predicted octanol–water partition coefficient (Wildman–Crippen LogP) is 2.11. The molecular weight excluding hydrogens is 190 g/mol. The van der Waals surface area contributed by atoms with Crippen LogP contribution in [0, 0.1) is 5.41 Å². The highest BCUT2D eigenvalue weighted by Crippen LogP contribution is 2.40. The van der Waals surface area contributed by atoms with Crippen molar-refractivity contribution >= 4 is 5.97 Å². The number of aliphatic carboxylic acids is 1. The Bertz CT molecular complexity index is 252. The van der Waals surface area contributed by atoms with E-state index in [9.17, 15) is 4.79 Å². The van der Waals surface area contributed by atoms with Crippen molar-refractivity contribution < 1.29 is 9.90 Å². The zero-order valence-corrected chi connectivity index (χ0v) is 9.70. The number of hydrogen-bond donors (Lipinski definition) is 1. The monoisotopic (exact) mass is 211 g/mol. The molecule has 86 valence electrons. The van der Waals surface area contributed by atoms with Crippen molar-refractivity contribution in [1.29, 1.82) is 0 Å². The SMILES string of the molecule is CN(C1CC1)C1CCC(C)(C(=O)O)CC1. The summed E-state index contributed by atoms with van der Waals surface area (Å²) in [4.78, 5) is 13.6. The quantitative estimate of drug-likeness (QED) is 0.777. The van der Waals surface area contributed by atoms with E-state index < -0.39 is 11.4 Å². The summed E-state index contributed by atoms with van der Waals surface area (Å²) < 4.78 is 0. The second-order valence-corrected chi connectivity index (χ2v) is 5.49. The van der Waals surface area contributed by atoms with Gasteiger partial charge in [-0.25, -0.2) is 0 Å². The number of carboxylic acids is 1. The molecule has 0 aromatic rings. The van der Waals surface area contributed by atoms with Gasteiger partial charge in [0.15, 0.2) is 0 Å². The van der Waals surface area contributed by atoms with Gasteiger partial charge in [0.25, 0.3) is 0 Å². The van der Waals surface area contributed by atoms with E-state index in [-0.39, 0.29) is 0 Å². The van der Waals surface area contributed by atoms with E-state index in [1.54, 1.807) is 0 Å². The van der Waals surface area contributed by atoms with Crippen LogP contribution >= 0.6 is 0 Å². The lowest BCUT2D eigenvalue weighted by Gasteiger charge is -2.38. The maximum atomic E-state index is 11.1. The largest absolute Gasteiger partial charge is 0.481 e. The fraction of sp³-hybridized carbons (Fsp3) is 0.917. The van der Waals surface area contributed by atoms with Crippen molar-refractivity contribution in [2.24, 2.45) is 5.41 Å². The van der Waals surface area contributed by atoms with E-state index >= 15 is 0 Å². The third kappa shape index (κ3) is 2.17. The summed E-state index contributed by atoms with van der Waals surface area (Å²) in [5, 5.41) is 9.13. The van der Waals surface area contributed by atoms with Gasteiger partial charge in [-0.15, -0.1) is 0 Å². The minimum Gasteiger partial charge on any atom is -0.481 e. The first-order valence-corrected chi connectivity index (χ1v) is 5.98. The van der Waals surface area contributed by atoms with Gasteiger partial charge in [-0.1, -0.05) is 0 Å². The smallest absolute Gasteiger partial charge is 0.309 e. The molecule has 2 aliphatic carbocycles. The molecule has 0 atom stereocenters. The zero-order chi connectivity index (χ0) is 11.1. The zero-order valence-electron chi connectivity index (χ0n) is 9.70. The Labute approximate surface area is 91.5 Å². The van der Waals surface area contributed by atoms with Crippen LogP contribution in [0.2, 0.25) is 0 Å². The van der Waals surface area contributed by atoms with E-state index in [0.29, 0.717) is 6.04 Å². The molecule has 0 aromatic carbocycles. The lowest BCUT2D eigenvalue weighted by molar-refractivity contribution is -0.150. The van der Waals surface area contributed by atoms with Gasteiger partial charge < -0.3 is 10.0 Å². The average Bonchev–Trinajstić information content (AvgIpc) is 3.01. The molecule has 0 aromatic heterocycles. The first kappa shape index (κ1) is 10.9. The second kappa shape index (κ2) is 3.78. The van der Waals surface area contributed by atoms with Gasteiger partial charge in [-0.3, -0.25) is 4.79 Å².